The van der Waals surface area contributed by atoms with E-state index < -0.39 is 17.8 Å². The van der Waals surface area contributed by atoms with Gasteiger partial charge in [0.05, 0.1) is 29.4 Å². The van der Waals surface area contributed by atoms with Crippen LogP contribution in [0.1, 0.15) is 45.3 Å². The van der Waals surface area contributed by atoms with E-state index in [1.165, 1.54) is 0 Å². The SMILES string of the molecule is C=CCn1c(COc2ccc(OC)cc2)nnc1SCC(=O)Nc1sc(C(N)=O)c(C)c1C(=O)OC(C)C. The van der Waals surface area contributed by atoms with E-state index in [0.717, 1.165) is 28.8 Å². The predicted octanol–water partition coefficient (Wildman–Crippen LogP) is 3.82. The number of aromatic nitrogens is 3. The monoisotopic (exact) mass is 559 g/mol. The molecule has 0 aliphatic rings. The molecular formula is C25H29N5O6S2. The van der Waals surface area contributed by atoms with Crippen molar-refractivity contribution >= 4 is 45.9 Å². The number of thioether (sulfide) groups is 1. The first-order chi connectivity index (χ1) is 18.1. The number of anilines is 1. The fraction of sp³-hybridized carbons (Fsp3) is 0.320. The van der Waals surface area contributed by atoms with E-state index in [9.17, 15) is 14.4 Å². The Kier molecular flexibility index (Phi) is 9.91. The molecule has 1 aromatic carbocycles. The van der Waals surface area contributed by atoms with Crippen LogP contribution in [0.4, 0.5) is 5.00 Å². The lowest BCUT2D eigenvalue weighted by molar-refractivity contribution is -0.113. The van der Waals surface area contributed by atoms with Gasteiger partial charge < -0.3 is 25.3 Å². The first kappa shape index (κ1) is 28.7. The van der Waals surface area contributed by atoms with E-state index in [0.29, 0.717) is 28.8 Å². The van der Waals surface area contributed by atoms with Crippen LogP contribution < -0.4 is 20.5 Å². The zero-order valence-corrected chi connectivity index (χ0v) is 23.1. The molecular weight excluding hydrogens is 530 g/mol. The second-order valence-corrected chi connectivity index (χ2v) is 10.1. The van der Waals surface area contributed by atoms with Gasteiger partial charge in [0.25, 0.3) is 5.91 Å². The van der Waals surface area contributed by atoms with E-state index in [1.807, 2.05) is 0 Å². The fourth-order valence-corrected chi connectivity index (χ4v) is 5.14. The highest BCUT2D eigenvalue weighted by Crippen LogP contribution is 2.34. The molecule has 0 aliphatic carbocycles. The first-order valence-corrected chi connectivity index (χ1v) is 13.3. The number of thiophene rings is 1. The molecule has 3 N–H and O–H groups in total. The van der Waals surface area contributed by atoms with Crippen LogP contribution in [0, 0.1) is 6.92 Å². The molecule has 202 valence electrons. The maximum atomic E-state index is 12.8. The number of nitrogens with zero attached hydrogens (tertiary/aromatic N) is 3. The molecule has 0 fully saturated rings. The van der Waals surface area contributed by atoms with Crippen molar-refractivity contribution in [1.82, 2.24) is 14.8 Å². The number of carbonyl (C=O) groups excluding carboxylic acids is 3. The highest BCUT2D eigenvalue weighted by molar-refractivity contribution is 7.99. The standard InChI is InChI=1S/C25H29N5O6S2/c1-6-11-30-18(12-35-17-9-7-16(34-5)8-10-17)28-29-25(30)37-13-19(31)27-23-20(24(33)36-14(2)3)15(4)21(38-23)22(26)32/h6-10,14H,1,11-13H2,2-5H3,(H2,26,32)(H,27,31). The van der Waals surface area contributed by atoms with Crippen LogP contribution in [-0.4, -0.2) is 51.5 Å². The lowest BCUT2D eigenvalue weighted by atomic mass is 10.1. The minimum atomic E-state index is -0.692. The van der Waals surface area contributed by atoms with E-state index in [2.05, 4.69) is 22.1 Å². The lowest BCUT2D eigenvalue weighted by Gasteiger charge is -2.11. The molecule has 38 heavy (non-hydrogen) atoms. The van der Waals surface area contributed by atoms with Crippen molar-refractivity contribution in [2.45, 2.75) is 45.2 Å². The van der Waals surface area contributed by atoms with Crippen LogP contribution in [0.5, 0.6) is 11.5 Å². The highest BCUT2D eigenvalue weighted by atomic mass is 32.2. The van der Waals surface area contributed by atoms with Crippen LogP contribution in [0.3, 0.4) is 0 Å². The van der Waals surface area contributed by atoms with Crippen molar-refractivity contribution in [3.63, 3.8) is 0 Å². The molecule has 2 aromatic heterocycles. The van der Waals surface area contributed by atoms with Gasteiger partial charge in [-0.3, -0.25) is 14.2 Å². The molecule has 0 radical (unpaired) electrons. The number of ether oxygens (including phenoxy) is 3. The number of amides is 2. The number of hydrogen-bond acceptors (Lipinski definition) is 10. The third-order valence-electron chi connectivity index (χ3n) is 5.04. The summed E-state index contributed by atoms with van der Waals surface area (Å²) >= 11 is 2.09. The van der Waals surface area contributed by atoms with E-state index in [-0.39, 0.29) is 33.9 Å². The number of carbonyl (C=O) groups is 3. The van der Waals surface area contributed by atoms with Gasteiger partial charge >= 0.3 is 5.97 Å². The van der Waals surface area contributed by atoms with Crippen molar-refractivity contribution in [2.24, 2.45) is 5.73 Å². The Morgan fingerprint density at radius 1 is 1.21 bits per heavy atom. The van der Waals surface area contributed by atoms with E-state index >= 15 is 0 Å². The summed E-state index contributed by atoms with van der Waals surface area (Å²) < 4.78 is 18.0. The normalized spacial score (nSPS) is 10.8. The summed E-state index contributed by atoms with van der Waals surface area (Å²) in [6, 6.07) is 7.15. The maximum absolute atomic E-state index is 12.8. The average Bonchev–Trinajstić information content (AvgIpc) is 3.41. The quantitative estimate of drug-likeness (QED) is 0.181. The van der Waals surface area contributed by atoms with Gasteiger partial charge in [0, 0.05) is 6.54 Å². The topological polar surface area (TPSA) is 148 Å². The first-order valence-electron chi connectivity index (χ1n) is 11.5. The molecule has 0 unspecified atom stereocenters. The summed E-state index contributed by atoms with van der Waals surface area (Å²) in [7, 11) is 1.59. The summed E-state index contributed by atoms with van der Waals surface area (Å²) in [5.41, 5.74) is 5.93. The highest BCUT2D eigenvalue weighted by Gasteiger charge is 2.26. The van der Waals surface area contributed by atoms with Crippen molar-refractivity contribution in [2.75, 3.05) is 18.2 Å². The van der Waals surface area contributed by atoms with Gasteiger partial charge in [-0.1, -0.05) is 17.8 Å². The van der Waals surface area contributed by atoms with Crippen LogP contribution >= 0.6 is 23.1 Å². The number of primary amides is 1. The largest absolute Gasteiger partial charge is 0.497 e. The third-order valence-corrected chi connectivity index (χ3v) is 7.22. The Bertz CT molecular complexity index is 1320. The molecule has 0 saturated heterocycles. The average molecular weight is 560 g/mol. The van der Waals surface area contributed by atoms with Crippen LogP contribution in [0.2, 0.25) is 0 Å². The maximum Gasteiger partial charge on any atom is 0.341 e. The van der Waals surface area contributed by atoms with Gasteiger partial charge in [-0.15, -0.1) is 28.1 Å². The van der Waals surface area contributed by atoms with E-state index in [4.69, 9.17) is 19.9 Å². The van der Waals surface area contributed by atoms with Gasteiger partial charge in [0.1, 0.15) is 23.1 Å². The molecule has 0 aliphatic heterocycles. The van der Waals surface area contributed by atoms with Crippen molar-refractivity contribution in [3.8, 4) is 11.5 Å². The molecule has 3 aromatic rings. The van der Waals surface area contributed by atoms with Crippen molar-refractivity contribution < 1.29 is 28.6 Å². The number of esters is 1. The third kappa shape index (κ3) is 7.13. The Hall–Kier alpha value is -3.84. The Morgan fingerprint density at radius 2 is 1.89 bits per heavy atom. The summed E-state index contributed by atoms with van der Waals surface area (Å²) in [6.07, 6.45) is 1.31. The Balaban J connectivity index is 1.70. The summed E-state index contributed by atoms with van der Waals surface area (Å²) in [6.45, 7) is 9.35. The number of methoxy groups -OCH3 is 1. The Labute approximate surface area is 228 Å². The predicted molar refractivity (Wildman–Crippen MR) is 145 cm³/mol. The summed E-state index contributed by atoms with van der Waals surface area (Å²) in [5.74, 6) is 0.144. The molecule has 2 amide bonds. The second kappa shape index (κ2) is 13.1. The number of nitrogens with one attached hydrogen (secondary N) is 1. The van der Waals surface area contributed by atoms with Gasteiger partial charge in [0.15, 0.2) is 11.0 Å². The molecule has 0 spiro atoms. The molecule has 0 bridgehead atoms. The Morgan fingerprint density at radius 3 is 2.50 bits per heavy atom. The molecule has 0 saturated carbocycles. The zero-order valence-electron chi connectivity index (χ0n) is 21.5. The summed E-state index contributed by atoms with van der Waals surface area (Å²) in [5, 5.41) is 11.8. The van der Waals surface area contributed by atoms with Crippen molar-refractivity contribution in [1.29, 1.82) is 0 Å². The number of allylic oxidation sites excluding steroid dienone is 1. The zero-order chi connectivity index (χ0) is 27.8. The molecule has 3 rings (SSSR count). The smallest absolute Gasteiger partial charge is 0.341 e. The summed E-state index contributed by atoms with van der Waals surface area (Å²) in [4.78, 5) is 37.4. The molecule has 2 heterocycles. The van der Waals surface area contributed by atoms with Crippen molar-refractivity contribution in [3.05, 3.63) is 58.7 Å². The van der Waals surface area contributed by atoms with Gasteiger partial charge in [-0.05, 0) is 50.6 Å². The van der Waals surface area contributed by atoms with Gasteiger partial charge in [0.2, 0.25) is 5.91 Å². The fourth-order valence-electron chi connectivity index (χ4n) is 3.31. The van der Waals surface area contributed by atoms with Gasteiger partial charge in [-0.2, -0.15) is 0 Å². The minimum absolute atomic E-state index is 0.0316. The molecule has 11 nitrogen and oxygen atoms in total. The number of nitrogens with two attached hydrogens (primary N) is 1. The van der Waals surface area contributed by atoms with Crippen LogP contribution in [0.15, 0.2) is 42.1 Å². The minimum Gasteiger partial charge on any atom is -0.497 e. The number of rotatable bonds is 13. The van der Waals surface area contributed by atoms with E-state index in [1.54, 1.807) is 62.8 Å². The lowest BCUT2D eigenvalue weighted by Crippen LogP contribution is -2.18. The number of benzene rings is 1. The van der Waals surface area contributed by atoms with Crippen LogP contribution in [-0.2, 0) is 22.7 Å². The van der Waals surface area contributed by atoms with Gasteiger partial charge in [-0.25, -0.2) is 4.79 Å². The molecule has 0 atom stereocenters. The second-order valence-electron chi connectivity index (χ2n) is 8.18. The number of hydrogen-bond donors (Lipinski definition) is 2. The van der Waals surface area contributed by atoms with Crippen LogP contribution in [0.25, 0.3) is 0 Å². The molecule has 13 heteroatoms.